The Balaban J connectivity index is 1.79. The molecule has 1 aliphatic heterocycles. The highest BCUT2D eigenvalue weighted by atomic mass is 79.9. The van der Waals surface area contributed by atoms with Crippen LogP contribution in [0.5, 0.6) is 0 Å². The fourth-order valence-electron chi connectivity index (χ4n) is 3.04. The second-order valence-corrected chi connectivity index (χ2v) is 9.05. The predicted octanol–water partition coefficient (Wildman–Crippen LogP) is 3.66. The summed E-state index contributed by atoms with van der Waals surface area (Å²) in [7, 11) is -3.45. The van der Waals surface area contributed by atoms with Gasteiger partial charge in [0.2, 0.25) is 10.0 Å². The molecule has 1 atom stereocenters. The molecule has 6 heteroatoms. The zero-order chi connectivity index (χ0) is 17.3. The van der Waals surface area contributed by atoms with Crippen LogP contribution >= 0.6 is 15.9 Å². The van der Waals surface area contributed by atoms with Crippen LogP contribution in [-0.2, 0) is 10.0 Å². The minimum Gasteiger partial charge on any atom is -0.366 e. The number of aryl methyl sites for hydroxylation is 1. The molecule has 128 valence electrons. The molecule has 0 saturated carbocycles. The molecule has 2 aromatic carbocycles. The topological polar surface area (TPSA) is 40.6 Å². The summed E-state index contributed by atoms with van der Waals surface area (Å²) in [6.07, 6.45) is 0. The van der Waals surface area contributed by atoms with Crippen molar-refractivity contribution in [1.82, 2.24) is 4.31 Å². The lowest BCUT2D eigenvalue weighted by atomic mass is 10.1. The van der Waals surface area contributed by atoms with Gasteiger partial charge in [0, 0.05) is 35.8 Å². The highest BCUT2D eigenvalue weighted by molar-refractivity contribution is 9.10. The molecule has 0 spiro atoms. The van der Waals surface area contributed by atoms with E-state index >= 15 is 0 Å². The van der Waals surface area contributed by atoms with Crippen LogP contribution in [0.15, 0.2) is 57.9 Å². The van der Waals surface area contributed by atoms with E-state index in [1.54, 1.807) is 22.5 Å². The van der Waals surface area contributed by atoms with E-state index in [-0.39, 0.29) is 6.04 Å². The van der Waals surface area contributed by atoms with Gasteiger partial charge in [0.05, 0.1) is 4.90 Å². The van der Waals surface area contributed by atoms with Crippen LogP contribution in [0.1, 0.15) is 12.5 Å². The van der Waals surface area contributed by atoms with Gasteiger partial charge in [-0.25, -0.2) is 8.42 Å². The summed E-state index contributed by atoms with van der Waals surface area (Å²) in [6.45, 7) is 5.81. The standard InChI is InChI=1S/C18H21BrN2O2S/c1-14-6-8-17(9-7-14)21-11-10-20(13-15(21)2)24(22,23)18-5-3-4-16(19)12-18/h3-9,12,15H,10-11,13H2,1-2H3. The average Bonchev–Trinajstić information content (AvgIpc) is 2.56. The fourth-order valence-corrected chi connectivity index (χ4v) is 5.15. The third-order valence-corrected chi connectivity index (χ3v) is 6.74. The maximum atomic E-state index is 12.9. The van der Waals surface area contributed by atoms with Gasteiger partial charge in [0.25, 0.3) is 0 Å². The van der Waals surface area contributed by atoms with E-state index < -0.39 is 10.0 Å². The number of sulfonamides is 1. The molecule has 0 N–H and O–H groups in total. The number of rotatable bonds is 3. The van der Waals surface area contributed by atoms with Gasteiger partial charge in [0.15, 0.2) is 0 Å². The third-order valence-electron chi connectivity index (χ3n) is 4.39. The molecule has 0 radical (unpaired) electrons. The van der Waals surface area contributed by atoms with Crippen LogP contribution < -0.4 is 4.90 Å². The number of anilines is 1. The molecule has 24 heavy (non-hydrogen) atoms. The summed E-state index contributed by atoms with van der Waals surface area (Å²) in [5.74, 6) is 0. The largest absolute Gasteiger partial charge is 0.366 e. The van der Waals surface area contributed by atoms with Crippen LogP contribution in [0.4, 0.5) is 5.69 Å². The van der Waals surface area contributed by atoms with Crippen molar-refractivity contribution in [2.75, 3.05) is 24.5 Å². The van der Waals surface area contributed by atoms with E-state index in [2.05, 4.69) is 58.9 Å². The van der Waals surface area contributed by atoms with Gasteiger partial charge in [-0.3, -0.25) is 0 Å². The summed E-state index contributed by atoms with van der Waals surface area (Å²) in [4.78, 5) is 2.61. The molecule has 1 saturated heterocycles. The van der Waals surface area contributed by atoms with Crippen molar-refractivity contribution in [3.05, 3.63) is 58.6 Å². The van der Waals surface area contributed by atoms with Gasteiger partial charge >= 0.3 is 0 Å². The summed E-state index contributed by atoms with van der Waals surface area (Å²) in [5, 5.41) is 0. The zero-order valence-corrected chi connectivity index (χ0v) is 16.2. The smallest absolute Gasteiger partial charge is 0.243 e. The zero-order valence-electron chi connectivity index (χ0n) is 13.8. The first kappa shape index (κ1) is 17.5. The summed E-state index contributed by atoms with van der Waals surface area (Å²) < 4.78 is 28.1. The minimum absolute atomic E-state index is 0.128. The lowest BCUT2D eigenvalue weighted by Gasteiger charge is -2.40. The highest BCUT2D eigenvalue weighted by Crippen LogP contribution is 2.25. The van der Waals surface area contributed by atoms with Gasteiger partial charge in [0.1, 0.15) is 0 Å². The van der Waals surface area contributed by atoms with Crippen molar-refractivity contribution >= 4 is 31.6 Å². The third kappa shape index (κ3) is 3.50. The highest BCUT2D eigenvalue weighted by Gasteiger charge is 2.32. The normalized spacial score (nSPS) is 19.5. The first-order chi connectivity index (χ1) is 11.4. The van der Waals surface area contributed by atoms with E-state index in [0.29, 0.717) is 24.5 Å². The SMILES string of the molecule is Cc1ccc(N2CCN(S(=O)(=O)c3cccc(Br)c3)CC2C)cc1. The van der Waals surface area contributed by atoms with Crippen molar-refractivity contribution in [3.63, 3.8) is 0 Å². The van der Waals surface area contributed by atoms with Gasteiger partial charge in [-0.1, -0.05) is 39.7 Å². The van der Waals surface area contributed by atoms with Crippen LogP contribution in [-0.4, -0.2) is 38.4 Å². The minimum atomic E-state index is -3.45. The van der Waals surface area contributed by atoms with Crippen molar-refractivity contribution in [1.29, 1.82) is 0 Å². The van der Waals surface area contributed by atoms with Gasteiger partial charge in [-0.05, 0) is 44.2 Å². The molecule has 0 aliphatic carbocycles. The van der Waals surface area contributed by atoms with Crippen LogP contribution in [0, 0.1) is 6.92 Å². The van der Waals surface area contributed by atoms with Gasteiger partial charge in [-0.15, -0.1) is 0 Å². The maximum Gasteiger partial charge on any atom is 0.243 e. The Morgan fingerprint density at radius 2 is 1.79 bits per heavy atom. The number of nitrogens with zero attached hydrogens (tertiary/aromatic N) is 2. The Hall–Kier alpha value is -1.37. The van der Waals surface area contributed by atoms with Crippen LogP contribution in [0.25, 0.3) is 0 Å². The van der Waals surface area contributed by atoms with Crippen molar-refractivity contribution in [2.45, 2.75) is 24.8 Å². The molecule has 0 amide bonds. The monoisotopic (exact) mass is 408 g/mol. The number of benzene rings is 2. The van der Waals surface area contributed by atoms with E-state index in [4.69, 9.17) is 0 Å². The van der Waals surface area contributed by atoms with Crippen molar-refractivity contribution in [3.8, 4) is 0 Å². The summed E-state index contributed by atoms with van der Waals surface area (Å²) >= 11 is 3.35. The molecular formula is C18H21BrN2O2S. The first-order valence-corrected chi connectivity index (χ1v) is 10.2. The van der Waals surface area contributed by atoms with Crippen molar-refractivity contribution in [2.24, 2.45) is 0 Å². The summed E-state index contributed by atoms with van der Waals surface area (Å²) in [6, 6.07) is 15.4. The van der Waals surface area contributed by atoms with E-state index in [1.807, 2.05) is 6.07 Å². The lowest BCUT2D eigenvalue weighted by molar-refractivity contribution is 0.342. The Kier molecular flexibility index (Phi) is 4.99. The van der Waals surface area contributed by atoms with E-state index in [1.165, 1.54) is 5.56 Å². The maximum absolute atomic E-state index is 12.9. The lowest BCUT2D eigenvalue weighted by Crippen LogP contribution is -2.53. The number of hydrogen-bond acceptors (Lipinski definition) is 3. The molecule has 1 aliphatic rings. The van der Waals surface area contributed by atoms with Gasteiger partial charge < -0.3 is 4.90 Å². The summed E-state index contributed by atoms with van der Waals surface area (Å²) in [5.41, 5.74) is 2.37. The molecular weight excluding hydrogens is 388 g/mol. The molecule has 2 aromatic rings. The Morgan fingerprint density at radius 1 is 1.08 bits per heavy atom. The van der Waals surface area contributed by atoms with Crippen LogP contribution in [0.2, 0.25) is 0 Å². The van der Waals surface area contributed by atoms with Gasteiger partial charge in [-0.2, -0.15) is 4.31 Å². The average molecular weight is 409 g/mol. The number of piperazine rings is 1. The second kappa shape index (κ2) is 6.86. The predicted molar refractivity (Wildman–Crippen MR) is 101 cm³/mol. The molecule has 1 fully saturated rings. The quantitative estimate of drug-likeness (QED) is 0.777. The molecule has 1 unspecified atom stereocenters. The van der Waals surface area contributed by atoms with E-state index in [9.17, 15) is 8.42 Å². The first-order valence-electron chi connectivity index (χ1n) is 7.97. The number of hydrogen-bond donors (Lipinski definition) is 0. The molecule has 3 rings (SSSR count). The van der Waals surface area contributed by atoms with E-state index in [0.717, 1.165) is 10.2 Å². The molecule has 0 bridgehead atoms. The second-order valence-electron chi connectivity index (χ2n) is 6.20. The number of halogens is 1. The van der Waals surface area contributed by atoms with Crippen LogP contribution in [0.3, 0.4) is 0 Å². The molecule has 1 heterocycles. The molecule has 4 nitrogen and oxygen atoms in total. The fraction of sp³-hybridized carbons (Fsp3) is 0.333. The Morgan fingerprint density at radius 3 is 2.42 bits per heavy atom. The Labute approximate surface area is 152 Å². The Bertz CT molecular complexity index is 821. The van der Waals surface area contributed by atoms with Crippen molar-refractivity contribution < 1.29 is 8.42 Å². The molecule has 0 aromatic heterocycles.